The molecule has 156 valence electrons. The molecule has 2 N–H and O–H groups in total. The minimum absolute atomic E-state index is 0.184. The van der Waals surface area contributed by atoms with E-state index in [-0.39, 0.29) is 13.0 Å². The molecule has 0 amide bonds. The van der Waals surface area contributed by atoms with Gasteiger partial charge in [-0.3, -0.25) is 4.79 Å². The highest BCUT2D eigenvalue weighted by Gasteiger charge is 2.38. The van der Waals surface area contributed by atoms with Crippen LogP contribution >= 0.6 is 0 Å². The van der Waals surface area contributed by atoms with Crippen LogP contribution in [-0.2, 0) is 19.9 Å². The Bertz CT molecular complexity index is 815. The Hall–Kier alpha value is -2.99. The minimum Gasteiger partial charge on any atom is -0.469 e. The summed E-state index contributed by atoms with van der Waals surface area (Å²) in [5.74, 6) is -0.595. The maximum Gasteiger partial charge on any atom is 0.308 e. The van der Waals surface area contributed by atoms with Crippen molar-refractivity contribution >= 4 is 5.97 Å². The normalized spacial score (nSPS) is 13.4. The van der Waals surface area contributed by atoms with E-state index >= 15 is 0 Å². The third-order valence-electron chi connectivity index (χ3n) is 5.06. The lowest BCUT2D eigenvalue weighted by atomic mass is 9.80. The first-order valence-electron chi connectivity index (χ1n) is 9.81. The number of esters is 1. The molecule has 0 aliphatic carbocycles. The summed E-state index contributed by atoms with van der Waals surface area (Å²) >= 11 is 0. The van der Waals surface area contributed by atoms with Gasteiger partial charge in [-0.15, -0.1) is 0 Å². The maximum atomic E-state index is 11.5. The van der Waals surface area contributed by atoms with Gasteiger partial charge in [-0.2, -0.15) is 0 Å². The Kier molecular flexibility index (Phi) is 7.36. The van der Waals surface area contributed by atoms with Gasteiger partial charge < -0.3 is 19.7 Å². The molecule has 0 saturated carbocycles. The molecule has 2 unspecified atom stereocenters. The van der Waals surface area contributed by atoms with Gasteiger partial charge in [0.05, 0.1) is 26.2 Å². The zero-order chi connectivity index (χ0) is 21.4. The Balaban J connectivity index is 2.02. The van der Waals surface area contributed by atoms with Crippen LogP contribution in [0.4, 0.5) is 0 Å². The van der Waals surface area contributed by atoms with Crippen molar-refractivity contribution < 1.29 is 24.5 Å². The second-order valence-electron chi connectivity index (χ2n) is 7.01. The summed E-state index contributed by atoms with van der Waals surface area (Å²) in [6, 6.07) is 29.2. The fourth-order valence-corrected chi connectivity index (χ4v) is 3.48. The fourth-order valence-electron chi connectivity index (χ4n) is 3.48. The number of hydrogen-bond acceptors (Lipinski definition) is 5. The van der Waals surface area contributed by atoms with Crippen molar-refractivity contribution in [2.24, 2.45) is 0 Å². The second kappa shape index (κ2) is 10.2. The SMILES string of the molecule is COC(=O)CC(O)C(O)COC(c1ccccc1)(c1ccccc1)c1ccccc1. The number of aliphatic hydroxyl groups excluding tert-OH is 2. The van der Waals surface area contributed by atoms with Crippen molar-refractivity contribution in [1.29, 1.82) is 0 Å². The van der Waals surface area contributed by atoms with Crippen molar-refractivity contribution in [1.82, 2.24) is 0 Å². The van der Waals surface area contributed by atoms with E-state index in [2.05, 4.69) is 4.74 Å². The van der Waals surface area contributed by atoms with Gasteiger partial charge in [0.25, 0.3) is 0 Å². The number of ether oxygens (including phenoxy) is 2. The quantitative estimate of drug-likeness (QED) is 0.421. The van der Waals surface area contributed by atoms with Crippen molar-refractivity contribution in [3.8, 4) is 0 Å². The zero-order valence-electron chi connectivity index (χ0n) is 16.8. The number of methoxy groups -OCH3 is 1. The summed E-state index contributed by atoms with van der Waals surface area (Å²) in [4.78, 5) is 11.5. The average molecular weight is 406 g/mol. The van der Waals surface area contributed by atoms with Gasteiger partial charge in [0.2, 0.25) is 0 Å². The molecule has 0 radical (unpaired) electrons. The zero-order valence-corrected chi connectivity index (χ0v) is 16.8. The molecule has 30 heavy (non-hydrogen) atoms. The van der Waals surface area contributed by atoms with E-state index in [4.69, 9.17) is 4.74 Å². The topological polar surface area (TPSA) is 76.0 Å². The summed E-state index contributed by atoms with van der Waals surface area (Å²) in [5.41, 5.74) is 1.65. The average Bonchev–Trinajstić information content (AvgIpc) is 2.81. The molecule has 2 atom stereocenters. The fraction of sp³-hybridized carbons (Fsp3) is 0.240. The third kappa shape index (κ3) is 4.76. The lowest BCUT2D eigenvalue weighted by Crippen LogP contribution is -2.39. The van der Waals surface area contributed by atoms with E-state index < -0.39 is 23.8 Å². The van der Waals surface area contributed by atoms with Gasteiger partial charge in [-0.25, -0.2) is 0 Å². The van der Waals surface area contributed by atoms with Crippen LogP contribution in [0.3, 0.4) is 0 Å². The van der Waals surface area contributed by atoms with Crippen LogP contribution in [0.5, 0.6) is 0 Å². The van der Waals surface area contributed by atoms with Crippen LogP contribution in [0.25, 0.3) is 0 Å². The Morgan fingerprint density at radius 1 is 0.767 bits per heavy atom. The van der Waals surface area contributed by atoms with Gasteiger partial charge in [-0.1, -0.05) is 91.0 Å². The third-order valence-corrected chi connectivity index (χ3v) is 5.06. The summed E-state index contributed by atoms with van der Waals surface area (Å²) in [7, 11) is 1.24. The molecular formula is C25H26O5. The number of carbonyl (C=O) groups excluding carboxylic acids is 1. The number of benzene rings is 3. The van der Waals surface area contributed by atoms with Crippen molar-refractivity contribution in [2.45, 2.75) is 24.2 Å². The first kappa shape index (κ1) is 21.7. The molecule has 3 rings (SSSR count). The van der Waals surface area contributed by atoms with Crippen LogP contribution < -0.4 is 0 Å². The van der Waals surface area contributed by atoms with Gasteiger partial charge in [0, 0.05) is 0 Å². The highest BCUT2D eigenvalue weighted by molar-refractivity contribution is 5.69. The Morgan fingerprint density at radius 3 is 1.53 bits per heavy atom. The number of aliphatic hydroxyl groups is 2. The molecule has 0 aromatic heterocycles. The van der Waals surface area contributed by atoms with E-state index in [1.54, 1.807) is 0 Å². The van der Waals surface area contributed by atoms with Gasteiger partial charge in [0.15, 0.2) is 0 Å². The number of rotatable bonds is 9. The van der Waals surface area contributed by atoms with Crippen LogP contribution in [-0.4, -0.2) is 42.1 Å². The molecule has 0 aliphatic rings. The second-order valence-corrected chi connectivity index (χ2v) is 7.01. The molecule has 0 saturated heterocycles. The van der Waals surface area contributed by atoms with Crippen LogP contribution in [0, 0.1) is 0 Å². The molecular weight excluding hydrogens is 380 g/mol. The Labute approximate surface area is 176 Å². The van der Waals surface area contributed by atoms with E-state index in [1.807, 2.05) is 91.0 Å². The van der Waals surface area contributed by atoms with Gasteiger partial charge in [0.1, 0.15) is 11.7 Å². The van der Waals surface area contributed by atoms with E-state index in [0.29, 0.717) is 0 Å². The first-order chi connectivity index (χ1) is 14.6. The largest absolute Gasteiger partial charge is 0.469 e. The van der Waals surface area contributed by atoms with E-state index in [9.17, 15) is 15.0 Å². The molecule has 3 aromatic carbocycles. The Morgan fingerprint density at radius 2 is 1.17 bits per heavy atom. The number of hydrogen-bond donors (Lipinski definition) is 2. The molecule has 5 heteroatoms. The van der Waals surface area contributed by atoms with E-state index in [1.165, 1.54) is 7.11 Å². The molecule has 0 bridgehead atoms. The van der Waals surface area contributed by atoms with E-state index in [0.717, 1.165) is 16.7 Å². The monoisotopic (exact) mass is 406 g/mol. The highest BCUT2D eigenvalue weighted by atomic mass is 16.5. The highest BCUT2D eigenvalue weighted by Crippen LogP contribution is 2.40. The maximum absolute atomic E-state index is 11.5. The lowest BCUT2D eigenvalue weighted by Gasteiger charge is -2.37. The summed E-state index contributed by atoms with van der Waals surface area (Å²) in [6.45, 7) is -0.184. The molecule has 0 fully saturated rings. The summed E-state index contributed by atoms with van der Waals surface area (Å²) in [5, 5.41) is 20.7. The molecule has 0 spiro atoms. The van der Waals surface area contributed by atoms with Gasteiger partial charge >= 0.3 is 5.97 Å². The first-order valence-corrected chi connectivity index (χ1v) is 9.81. The smallest absolute Gasteiger partial charge is 0.308 e. The minimum atomic E-state index is -1.29. The predicted octanol–water partition coefficient (Wildman–Crippen LogP) is 3.28. The predicted molar refractivity (Wildman–Crippen MR) is 114 cm³/mol. The number of carbonyl (C=O) groups is 1. The lowest BCUT2D eigenvalue weighted by molar-refractivity contribution is -0.146. The molecule has 3 aromatic rings. The summed E-state index contributed by atoms with van der Waals surface area (Å²) in [6.07, 6.45) is -2.87. The molecule has 0 aliphatic heterocycles. The van der Waals surface area contributed by atoms with Crippen LogP contribution in [0.2, 0.25) is 0 Å². The van der Waals surface area contributed by atoms with Crippen LogP contribution in [0.1, 0.15) is 23.1 Å². The standard InChI is InChI=1S/C25H26O5/c1-29-24(28)17-22(26)23(27)18-30-25(19-11-5-2-6-12-19,20-13-7-3-8-14-20)21-15-9-4-10-16-21/h2-16,22-23,26-27H,17-18H2,1H3. The van der Waals surface area contributed by atoms with Crippen molar-refractivity contribution in [3.05, 3.63) is 108 Å². The van der Waals surface area contributed by atoms with Crippen LogP contribution in [0.15, 0.2) is 91.0 Å². The molecule has 5 nitrogen and oxygen atoms in total. The molecule has 0 heterocycles. The van der Waals surface area contributed by atoms with Crippen molar-refractivity contribution in [2.75, 3.05) is 13.7 Å². The van der Waals surface area contributed by atoms with Crippen molar-refractivity contribution in [3.63, 3.8) is 0 Å². The van der Waals surface area contributed by atoms with Gasteiger partial charge in [-0.05, 0) is 16.7 Å². The summed E-state index contributed by atoms with van der Waals surface area (Å²) < 4.78 is 11.0.